The van der Waals surface area contributed by atoms with Gasteiger partial charge in [-0.2, -0.15) is 15.3 Å². The molecule has 32 heavy (non-hydrogen) atoms. The van der Waals surface area contributed by atoms with Gasteiger partial charge in [0.05, 0.1) is 54.8 Å². The van der Waals surface area contributed by atoms with Gasteiger partial charge in [0.2, 0.25) is 0 Å². The van der Waals surface area contributed by atoms with Crippen molar-refractivity contribution in [3.8, 4) is 28.4 Å². The number of aromatic nitrogens is 4. The number of hydrazone groups is 1. The molecule has 0 fully saturated rings. The fourth-order valence-corrected chi connectivity index (χ4v) is 3.46. The minimum atomic E-state index is -0.931. The zero-order valence-corrected chi connectivity index (χ0v) is 17.1. The standard InChI is InChI=1S/C23H18F2N6O/c1-32-16-8-5-14(6-9-16)19-10-7-15(29-30-19)12-31-13-21-20(11-26-31)27-23(28-21)17-3-2-4-18(24)22(17)25/h2-11H,12-13H2,1H3,(H,27,28). The van der Waals surface area contributed by atoms with E-state index in [1.165, 1.54) is 12.1 Å². The second-order valence-corrected chi connectivity index (χ2v) is 7.25. The Hall–Kier alpha value is -4.14. The molecule has 1 N–H and O–H groups in total. The molecule has 7 nitrogen and oxygen atoms in total. The molecular weight excluding hydrogens is 414 g/mol. The van der Waals surface area contributed by atoms with E-state index in [0.29, 0.717) is 24.5 Å². The van der Waals surface area contributed by atoms with E-state index in [9.17, 15) is 8.78 Å². The van der Waals surface area contributed by atoms with Gasteiger partial charge in [-0.25, -0.2) is 13.8 Å². The van der Waals surface area contributed by atoms with E-state index in [0.717, 1.165) is 28.8 Å². The second-order valence-electron chi connectivity index (χ2n) is 7.25. The van der Waals surface area contributed by atoms with Crippen molar-refractivity contribution in [1.82, 2.24) is 25.2 Å². The molecule has 0 saturated heterocycles. The minimum absolute atomic E-state index is 0.0827. The number of halogens is 2. The SMILES string of the molecule is COc1ccc(-c2ccc(CN3Cc4nc(-c5cccc(F)c5F)[nH]c4C=N3)nn2)cc1. The Bertz CT molecular complexity index is 1290. The zero-order valence-electron chi connectivity index (χ0n) is 17.1. The van der Waals surface area contributed by atoms with Crippen molar-refractivity contribution < 1.29 is 13.5 Å². The average molecular weight is 432 g/mol. The molecule has 5 rings (SSSR count). The summed E-state index contributed by atoms with van der Waals surface area (Å²) in [7, 11) is 1.62. The van der Waals surface area contributed by atoms with E-state index < -0.39 is 11.6 Å². The lowest BCUT2D eigenvalue weighted by Gasteiger charge is -2.20. The third kappa shape index (κ3) is 3.80. The summed E-state index contributed by atoms with van der Waals surface area (Å²) in [6, 6.07) is 15.4. The van der Waals surface area contributed by atoms with E-state index >= 15 is 0 Å². The number of aromatic amines is 1. The average Bonchev–Trinajstić information content (AvgIpc) is 3.24. The number of imidazole rings is 1. The molecule has 2 aromatic carbocycles. The highest BCUT2D eigenvalue weighted by atomic mass is 19.2. The molecule has 160 valence electrons. The molecular formula is C23H18F2N6O. The number of methoxy groups -OCH3 is 1. The number of hydrogen-bond acceptors (Lipinski definition) is 6. The van der Waals surface area contributed by atoms with Crippen LogP contribution in [0.25, 0.3) is 22.6 Å². The molecule has 0 bridgehead atoms. The maximum absolute atomic E-state index is 14.1. The van der Waals surface area contributed by atoms with Crippen molar-refractivity contribution in [1.29, 1.82) is 0 Å². The van der Waals surface area contributed by atoms with Crippen molar-refractivity contribution in [2.75, 3.05) is 7.11 Å². The highest BCUT2D eigenvalue weighted by Crippen LogP contribution is 2.25. The van der Waals surface area contributed by atoms with E-state index in [2.05, 4.69) is 25.3 Å². The highest BCUT2D eigenvalue weighted by Gasteiger charge is 2.20. The summed E-state index contributed by atoms with van der Waals surface area (Å²) in [5.41, 5.74) is 3.89. The number of nitrogens with zero attached hydrogens (tertiary/aromatic N) is 5. The van der Waals surface area contributed by atoms with Crippen LogP contribution in [0.4, 0.5) is 8.78 Å². The molecule has 3 heterocycles. The van der Waals surface area contributed by atoms with Gasteiger partial charge in [0, 0.05) is 5.56 Å². The minimum Gasteiger partial charge on any atom is -0.497 e. The number of fused-ring (bicyclic) bond motifs is 1. The van der Waals surface area contributed by atoms with E-state index in [4.69, 9.17) is 4.74 Å². The first-order valence-corrected chi connectivity index (χ1v) is 9.90. The highest BCUT2D eigenvalue weighted by molar-refractivity contribution is 5.80. The molecule has 0 aliphatic carbocycles. The summed E-state index contributed by atoms with van der Waals surface area (Å²) >= 11 is 0. The van der Waals surface area contributed by atoms with Crippen LogP contribution >= 0.6 is 0 Å². The first-order chi connectivity index (χ1) is 15.6. The van der Waals surface area contributed by atoms with Crippen molar-refractivity contribution in [2.45, 2.75) is 13.1 Å². The van der Waals surface area contributed by atoms with E-state index in [1.807, 2.05) is 36.4 Å². The number of rotatable bonds is 5. The largest absolute Gasteiger partial charge is 0.497 e. The maximum Gasteiger partial charge on any atom is 0.169 e. The molecule has 1 aliphatic rings. The molecule has 0 amide bonds. The number of H-pyrrole nitrogens is 1. The first kappa shape index (κ1) is 19.8. The van der Waals surface area contributed by atoms with Gasteiger partial charge in [-0.15, -0.1) is 0 Å². The lowest BCUT2D eigenvalue weighted by molar-refractivity contribution is 0.261. The monoisotopic (exact) mass is 432 g/mol. The predicted molar refractivity (Wildman–Crippen MR) is 115 cm³/mol. The fourth-order valence-electron chi connectivity index (χ4n) is 3.46. The summed E-state index contributed by atoms with van der Waals surface area (Å²) in [6.07, 6.45) is 1.62. The third-order valence-electron chi connectivity index (χ3n) is 5.15. The Kier molecular flexibility index (Phi) is 5.06. The topological polar surface area (TPSA) is 79.3 Å². The molecule has 1 aliphatic heterocycles. The summed E-state index contributed by atoms with van der Waals surface area (Å²) in [6.45, 7) is 0.837. The zero-order chi connectivity index (χ0) is 22.1. The van der Waals surface area contributed by atoms with Crippen LogP contribution in [0.2, 0.25) is 0 Å². The quantitative estimate of drug-likeness (QED) is 0.512. The van der Waals surface area contributed by atoms with Gasteiger partial charge in [0.25, 0.3) is 0 Å². The van der Waals surface area contributed by atoms with Crippen molar-refractivity contribution in [3.63, 3.8) is 0 Å². The van der Waals surface area contributed by atoms with Gasteiger partial charge in [-0.3, -0.25) is 5.01 Å². The van der Waals surface area contributed by atoms with Crippen LogP contribution in [0.1, 0.15) is 17.1 Å². The van der Waals surface area contributed by atoms with Crippen molar-refractivity contribution in [2.24, 2.45) is 5.10 Å². The van der Waals surface area contributed by atoms with E-state index in [-0.39, 0.29) is 11.4 Å². The Balaban J connectivity index is 1.29. The normalized spacial score (nSPS) is 12.7. The Morgan fingerprint density at radius 1 is 1.03 bits per heavy atom. The first-order valence-electron chi connectivity index (χ1n) is 9.90. The van der Waals surface area contributed by atoms with Gasteiger partial charge >= 0.3 is 0 Å². The predicted octanol–water partition coefficient (Wildman–Crippen LogP) is 4.17. The van der Waals surface area contributed by atoms with Gasteiger partial charge in [0.15, 0.2) is 11.6 Å². The molecule has 2 aromatic heterocycles. The number of benzene rings is 2. The summed E-state index contributed by atoms with van der Waals surface area (Å²) in [4.78, 5) is 7.45. The summed E-state index contributed by atoms with van der Waals surface area (Å²) < 4.78 is 32.8. The van der Waals surface area contributed by atoms with Crippen LogP contribution in [-0.4, -0.2) is 38.5 Å². The van der Waals surface area contributed by atoms with E-state index in [1.54, 1.807) is 18.3 Å². The van der Waals surface area contributed by atoms with Crippen LogP contribution in [-0.2, 0) is 13.1 Å². The molecule has 4 aromatic rings. The lowest BCUT2D eigenvalue weighted by Crippen LogP contribution is -2.22. The van der Waals surface area contributed by atoms with Crippen LogP contribution < -0.4 is 4.74 Å². The molecule has 0 saturated carbocycles. The van der Waals surface area contributed by atoms with Crippen LogP contribution in [0.15, 0.2) is 59.7 Å². The number of nitrogens with one attached hydrogen (secondary N) is 1. The lowest BCUT2D eigenvalue weighted by atomic mass is 10.1. The molecule has 0 radical (unpaired) electrons. The van der Waals surface area contributed by atoms with Gasteiger partial charge in [0.1, 0.15) is 11.6 Å². The third-order valence-corrected chi connectivity index (χ3v) is 5.15. The molecule has 0 spiro atoms. The van der Waals surface area contributed by atoms with Crippen LogP contribution in [0.3, 0.4) is 0 Å². The summed E-state index contributed by atoms with van der Waals surface area (Å²) in [5.74, 6) is -0.797. The van der Waals surface area contributed by atoms with Crippen LogP contribution in [0.5, 0.6) is 5.75 Å². The smallest absolute Gasteiger partial charge is 0.169 e. The van der Waals surface area contributed by atoms with Gasteiger partial charge in [-0.1, -0.05) is 6.07 Å². The number of hydrogen-bond donors (Lipinski definition) is 1. The molecule has 9 heteroatoms. The van der Waals surface area contributed by atoms with Crippen LogP contribution in [0, 0.1) is 11.6 Å². The van der Waals surface area contributed by atoms with Gasteiger partial charge in [-0.05, 0) is 48.5 Å². The molecule has 0 unspecified atom stereocenters. The fraction of sp³-hybridized carbons (Fsp3) is 0.130. The Morgan fingerprint density at radius 2 is 1.88 bits per heavy atom. The Morgan fingerprint density at radius 3 is 2.62 bits per heavy atom. The Labute approximate surface area is 182 Å². The summed E-state index contributed by atoms with van der Waals surface area (Å²) in [5, 5.41) is 14.8. The molecule has 0 atom stereocenters. The number of ether oxygens (including phenoxy) is 1. The van der Waals surface area contributed by atoms with Crippen molar-refractivity contribution >= 4 is 6.21 Å². The second kappa shape index (κ2) is 8.18. The van der Waals surface area contributed by atoms with Crippen molar-refractivity contribution in [3.05, 3.63) is 83.3 Å². The van der Waals surface area contributed by atoms with Gasteiger partial charge < -0.3 is 9.72 Å². The maximum atomic E-state index is 14.1.